The Kier molecular flexibility index (Phi) is 5.31. The molecule has 6 nitrogen and oxygen atoms in total. The summed E-state index contributed by atoms with van der Waals surface area (Å²) in [4.78, 5) is 27.3. The quantitative estimate of drug-likeness (QED) is 0.836. The van der Waals surface area contributed by atoms with Crippen LogP contribution in [-0.4, -0.2) is 47.5 Å². The first-order chi connectivity index (χ1) is 13.6. The summed E-state index contributed by atoms with van der Waals surface area (Å²) < 4.78 is 7.36. The minimum Gasteiger partial charge on any atom is -0.496 e. The van der Waals surface area contributed by atoms with E-state index in [9.17, 15) is 9.59 Å². The van der Waals surface area contributed by atoms with Crippen molar-refractivity contribution in [1.82, 2.24) is 14.8 Å². The Bertz CT molecular complexity index is 877. The molecule has 28 heavy (non-hydrogen) atoms. The number of piperidine rings is 1. The number of methoxy groups -OCH3 is 1. The second-order valence-electron chi connectivity index (χ2n) is 7.47. The molecule has 1 saturated heterocycles. The van der Waals surface area contributed by atoms with Gasteiger partial charge in [-0.05, 0) is 43.9 Å². The topological polar surface area (TPSA) is 63.6 Å². The molecule has 2 heterocycles. The summed E-state index contributed by atoms with van der Waals surface area (Å²) in [5, 5.41) is 3.52. The van der Waals surface area contributed by atoms with Crippen LogP contribution in [0.4, 0.5) is 0 Å². The van der Waals surface area contributed by atoms with Gasteiger partial charge in [0.15, 0.2) is 0 Å². The van der Waals surface area contributed by atoms with Crippen molar-refractivity contribution >= 4 is 23.4 Å². The standard InChI is InChI=1S/C21H24ClN3O3/c1-28-19-12-18(24-8-2-3-9-24)17(22)11-16(19)21(27)25-10-4-5-14(13-25)20(26)23-15-6-7-15/h2-3,8-9,11-12,14-15H,4-7,10,13H2,1H3,(H,23,26). The molecule has 1 unspecified atom stereocenters. The van der Waals surface area contributed by atoms with Gasteiger partial charge in [0.05, 0.1) is 29.3 Å². The van der Waals surface area contributed by atoms with Gasteiger partial charge >= 0.3 is 0 Å². The highest BCUT2D eigenvalue weighted by atomic mass is 35.5. The van der Waals surface area contributed by atoms with Gasteiger partial charge in [0.25, 0.3) is 5.91 Å². The number of ether oxygens (including phenoxy) is 1. The fourth-order valence-corrected chi connectivity index (χ4v) is 3.93. The zero-order chi connectivity index (χ0) is 19.7. The molecule has 1 atom stereocenters. The lowest BCUT2D eigenvalue weighted by atomic mass is 9.96. The Labute approximate surface area is 169 Å². The molecule has 1 aliphatic carbocycles. The van der Waals surface area contributed by atoms with E-state index < -0.39 is 0 Å². The van der Waals surface area contributed by atoms with Crippen LogP contribution in [0.1, 0.15) is 36.0 Å². The van der Waals surface area contributed by atoms with E-state index in [4.69, 9.17) is 16.3 Å². The van der Waals surface area contributed by atoms with Crippen molar-refractivity contribution in [2.75, 3.05) is 20.2 Å². The van der Waals surface area contributed by atoms with Crippen LogP contribution in [0.15, 0.2) is 36.7 Å². The lowest BCUT2D eigenvalue weighted by molar-refractivity contribution is -0.126. The number of carbonyl (C=O) groups excluding carboxylic acids is 2. The van der Waals surface area contributed by atoms with E-state index in [2.05, 4.69) is 5.32 Å². The molecule has 2 amide bonds. The highest BCUT2D eigenvalue weighted by Crippen LogP contribution is 2.32. The maximum absolute atomic E-state index is 13.2. The molecule has 2 fully saturated rings. The van der Waals surface area contributed by atoms with Gasteiger partial charge in [-0.1, -0.05) is 11.6 Å². The van der Waals surface area contributed by atoms with Crippen LogP contribution in [0, 0.1) is 5.92 Å². The van der Waals surface area contributed by atoms with Crippen LogP contribution in [0.2, 0.25) is 5.02 Å². The van der Waals surface area contributed by atoms with Crippen LogP contribution in [0.3, 0.4) is 0 Å². The smallest absolute Gasteiger partial charge is 0.257 e. The fourth-order valence-electron chi connectivity index (χ4n) is 3.66. The molecular weight excluding hydrogens is 378 g/mol. The maximum atomic E-state index is 13.2. The molecule has 7 heteroatoms. The number of likely N-dealkylation sites (tertiary alicyclic amines) is 1. The zero-order valence-electron chi connectivity index (χ0n) is 15.9. The highest BCUT2D eigenvalue weighted by Gasteiger charge is 2.33. The first-order valence-electron chi connectivity index (χ1n) is 9.67. The summed E-state index contributed by atoms with van der Waals surface area (Å²) in [6.07, 6.45) is 7.51. The van der Waals surface area contributed by atoms with Gasteiger partial charge < -0.3 is 19.5 Å². The van der Waals surface area contributed by atoms with Gasteiger partial charge in [-0.15, -0.1) is 0 Å². The Morgan fingerprint density at radius 1 is 1.18 bits per heavy atom. The molecule has 4 rings (SSSR count). The molecule has 2 aromatic rings. The number of amides is 2. The Balaban J connectivity index is 1.55. The van der Waals surface area contributed by atoms with Crippen molar-refractivity contribution in [3.05, 3.63) is 47.2 Å². The van der Waals surface area contributed by atoms with Crippen molar-refractivity contribution in [2.45, 2.75) is 31.7 Å². The predicted octanol–water partition coefficient (Wildman–Crippen LogP) is 3.27. The number of halogens is 1. The molecule has 0 bridgehead atoms. The van der Waals surface area contributed by atoms with Crippen molar-refractivity contribution in [2.24, 2.45) is 5.92 Å². The number of aromatic nitrogens is 1. The minimum atomic E-state index is -0.154. The van der Waals surface area contributed by atoms with Gasteiger partial charge in [0.1, 0.15) is 5.75 Å². The second-order valence-corrected chi connectivity index (χ2v) is 7.87. The van der Waals surface area contributed by atoms with Crippen molar-refractivity contribution in [3.8, 4) is 11.4 Å². The first kappa shape index (κ1) is 18.9. The number of rotatable bonds is 5. The molecule has 1 aliphatic heterocycles. The van der Waals surface area contributed by atoms with Crippen molar-refractivity contribution in [3.63, 3.8) is 0 Å². The number of benzene rings is 1. The largest absolute Gasteiger partial charge is 0.496 e. The molecule has 148 valence electrons. The van der Waals surface area contributed by atoms with Crippen LogP contribution in [0.5, 0.6) is 5.75 Å². The van der Waals surface area contributed by atoms with Gasteiger partial charge in [-0.3, -0.25) is 9.59 Å². The van der Waals surface area contributed by atoms with Crippen molar-refractivity contribution in [1.29, 1.82) is 0 Å². The van der Waals surface area contributed by atoms with Crippen LogP contribution in [0.25, 0.3) is 5.69 Å². The molecule has 1 aromatic heterocycles. The lowest BCUT2D eigenvalue weighted by Crippen LogP contribution is -2.46. The van der Waals surface area contributed by atoms with Gasteiger partial charge in [0.2, 0.25) is 5.91 Å². The van der Waals surface area contributed by atoms with Crippen LogP contribution in [-0.2, 0) is 4.79 Å². The summed E-state index contributed by atoms with van der Waals surface area (Å²) in [5.74, 6) is 0.233. The van der Waals surface area contributed by atoms with E-state index >= 15 is 0 Å². The van der Waals surface area contributed by atoms with E-state index in [-0.39, 0.29) is 17.7 Å². The minimum absolute atomic E-state index is 0.0629. The van der Waals surface area contributed by atoms with E-state index in [0.717, 1.165) is 31.4 Å². The molecule has 0 spiro atoms. The predicted molar refractivity (Wildman–Crippen MR) is 107 cm³/mol. The maximum Gasteiger partial charge on any atom is 0.257 e. The van der Waals surface area contributed by atoms with Gasteiger partial charge in [-0.2, -0.15) is 0 Å². The number of carbonyl (C=O) groups is 2. The first-order valence-corrected chi connectivity index (χ1v) is 10.0. The lowest BCUT2D eigenvalue weighted by Gasteiger charge is -2.32. The Morgan fingerprint density at radius 3 is 2.61 bits per heavy atom. The van der Waals surface area contributed by atoms with E-state index in [1.807, 2.05) is 29.1 Å². The van der Waals surface area contributed by atoms with Crippen LogP contribution < -0.4 is 10.1 Å². The van der Waals surface area contributed by atoms with Crippen LogP contribution >= 0.6 is 11.6 Å². The molecular formula is C21H24ClN3O3. The summed E-state index contributed by atoms with van der Waals surface area (Å²) in [5.41, 5.74) is 1.17. The van der Waals surface area contributed by atoms with Gasteiger partial charge in [0, 0.05) is 37.6 Å². The van der Waals surface area contributed by atoms with E-state index in [1.54, 1.807) is 24.1 Å². The van der Waals surface area contributed by atoms with Gasteiger partial charge in [-0.25, -0.2) is 0 Å². The third-order valence-corrected chi connectivity index (χ3v) is 5.69. The molecule has 0 radical (unpaired) electrons. The normalized spacial score (nSPS) is 19.4. The number of nitrogens with one attached hydrogen (secondary N) is 1. The highest BCUT2D eigenvalue weighted by molar-refractivity contribution is 6.33. The number of hydrogen-bond donors (Lipinski definition) is 1. The summed E-state index contributed by atoms with van der Waals surface area (Å²) in [7, 11) is 1.54. The number of nitrogens with zero attached hydrogens (tertiary/aromatic N) is 2. The zero-order valence-corrected chi connectivity index (χ0v) is 16.6. The van der Waals surface area contributed by atoms with Crippen molar-refractivity contribution < 1.29 is 14.3 Å². The summed E-state index contributed by atoms with van der Waals surface area (Å²) >= 11 is 6.46. The second kappa shape index (κ2) is 7.87. The average molecular weight is 402 g/mol. The average Bonchev–Trinajstić information content (AvgIpc) is 3.36. The fraction of sp³-hybridized carbons (Fsp3) is 0.429. The van der Waals surface area contributed by atoms with E-state index in [0.29, 0.717) is 35.5 Å². The molecule has 1 saturated carbocycles. The summed E-state index contributed by atoms with van der Waals surface area (Å²) in [6.45, 7) is 1.06. The molecule has 1 aromatic carbocycles. The SMILES string of the molecule is COc1cc(-n2cccc2)c(Cl)cc1C(=O)N1CCCC(C(=O)NC2CC2)C1. The Hall–Kier alpha value is -2.47. The monoisotopic (exact) mass is 401 g/mol. The summed E-state index contributed by atoms with van der Waals surface area (Å²) in [6, 6.07) is 7.58. The Morgan fingerprint density at radius 2 is 1.93 bits per heavy atom. The van der Waals surface area contributed by atoms with E-state index in [1.165, 1.54) is 0 Å². The number of hydrogen-bond acceptors (Lipinski definition) is 3. The molecule has 2 aliphatic rings. The third kappa shape index (κ3) is 3.87. The third-order valence-electron chi connectivity index (χ3n) is 5.39. The molecule has 1 N–H and O–H groups in total.